The number of esters is 1. The zero-order valence-corrected chi connectivity index (χ0v) is 21.6. The Hall–Kier alpha value is -2.18. The number of fused-ring (bicyclic) bond motifs is 1. The molecule has 4 rings (SSSR count). The Bertz CT molecular complexity index is 1070. The minimum absolute atomic E-state index is 0.168. The van der Waals surface area contributed by atoms with Crippen LogP contribution in [0.3, 0.4) is 0 Å². The highest BCUT2D eigenvalue weighted by Crippen LogP contribution is 2.42. The van der Waals surface area contributed by atoms with Crippen molar-refractivity contribution >= 4 is 33.7 Å². The van der Waals surface area contributed by atoms with Crippen molar-refractivity contribution in [1.82, 2.24) is 4.98 Å². The topological polar surface area (TPSA) is 125 Å². The zero-order valence-electron chi connectivity index (χ0n) is 19.2. The Morgan fingerprint density at radius 1 is 1.29 bits per heavy atom. The maximum atomic E-state index is 12.5. The van der Waals surface area contributed by atoms with Gasteiger partial charge in [0.2, 0.25) is 0 Å². The molecule has 0 spiro atoms. The number of azide groups is 1. The SMILES string of the molecule is CCOC(=O)c1ncc(Br)cc1S[C@H]1OC2COC(c3ccccc3)O[C@@H]2[C@H](N=[N+]=[N-])C1OCC. The second-order valence-electron chi connectivity index (χ2n) is 7.67. The summed E-state index contributed by atoms with van der Waals surface area (Å²) < 4.78 is 30.4. The van der Waals surface area contributed by atoms with Gasteiger partial charge in [0.1, 0.15) is 23.7 Å². The third kappa shape index (κ3) is 5.97. The molecule has 0 saturated carbocycles. The average molecular weight is 565 g/mol. The fourth-order valence-corrected chi connectivity index (χ4v) is 5.74. The molecule has 2 aliphatic rings. The van der Waals surface area contributed by atoms with Gasteiger partial charge in [0.05, 0.1) is 19.3 Å². The summed E-state index contributed by atoms with van der Waals surface area (Å²) in [5.74, 6) is -0.536. The fraction of sp³-hybridized carbons (Fsp3) is 0.478. The van der Waals surface area contributed by atoms with Crippen LogP contribution in [0.15, 0.2) is 57.1 Å². The molecule has 12 heteroatoms. The van der Waals surface area contributed by atoms with Crippen molar-refractivity contribution in [2.24, 2.45) is 5.11 Å². The van der Waals surface area contributed by atoms with Crippen LogP contribution in [0.2, 0.25) is 0 Å². The van der Waals surface area contributed by atoms with Gasteiger partial charge in [0, 0.05) is 32.6 Å². The normalized spacial score (nSPS) is 28.0. The van der Waals surface area contributed by atoms with Crippen molar-refractivity contribution in [2.45, 2.75) is 54.8 Å². The maximum absolute atomic E-state index is 12.5. The lowest BCUT2D eigenvalue weighted by Crippen LogP contribution is -2.60. The summed E-state index contributed by atoms with van der Waals surface area (Å²) in [7, 11) is 0. The predicted octanol–water partition coefficient (Wildman–Crippen LogP) is 5.04. The number of nitrogens with zero attached hydrogens (tertiary/aromatic N) is 4. The van der Waals surface area contributed by atoms with Gasteiger partial charge in [-0.2, -0.15) is 0 Å². The summed E-state index contributed by atoms with van der Waals surface area (Å²) >= 11 is 4.66. The molecule has 35 heavy (non-hydrogen) atoms. The molecule has 2 aliphatic heterocycles. The van der Waals surface area contributed by atoms with Crippen LogP contribution in [0.25, 0.3) is 10.4 Å². The molecule has 0 aliphatic carbocycles. The van der Waals surface area contributed by atoms with Crippen molar-refractivity contribution in [1.29, 1.82) is 0 Å². The number of hydrogen-bond acceptors (Lipinski definition) is 9. The highest BCUT2D eigenvalue weighted by molar-refractivity contribution is 9.10. The van der Waals surface area contributed by atoms with E-state index in [4.69, 9.17) is 23.7 Å². The molecule has 10 nitrogen and oxygen atoms in total. The summed E-state index contributed by atoms with van der Waals surface area (Å²) in [6.45, 7) is 4.40. The number of carbonyl (C=O) groups is 1. The lowest BCUT2D eigenvalue weighted by molar-refractivity contribution is -0.300. The van der Waals surface area contributed by atoms with Crippen LogP contribution >= 0.6 is 27.7 Å². The number of hydrogen-bond donors (Lipinski definition) is 0. The van der Waals surface area contributed by atoms with Crippen molar-refractivity contribution in [2.75, 3.05) is 19.8 Å². The summed E-state index contributed by atoms with van der Waals surface area (Å²) in [5, 5.41) is 4.06. The van der Waals surface area contributed by atoms with E-state index in [2.05, 4.69) is 30.9 Å². The number of thioether (sulfide) groups is 1. The van der Waals surface area contributed by atoms with Crippen molar-refractivity contribution in [3.8, 4) is 0 Å². The van der Waals surface area contributed by atoms with Crippen LogP contribution in [0.5, 0.6) is 0 Å². The number of ether oxygens (including phenoxy) is 5. The van der Waals surface area contributed by atoms with Gasteiger partial charge in [0.25, 0.3) is 0 Å². The molecular formula is C23H25BrN4O6S. The number of carbonyl (C=O) groups excluding carboxylic acids is 1. The molecule has 0 bridgehead atoms. The first kappa shape index (κ1) is 25.9. The molecule has 2 aromatic rings. The Balaban J connectivity index is 1.63. The third-order valence-electron chi connectivity index (χ3n) is 5.46. The number of benzene rings is 1. The molecular weight excluding hydrogens is 540 g/mol. The lowest BCUT2D eigenvalue weighted by atomic mass is 9.96. The highest BCUT2D eigenvalue weighted by Gasteiger charge is 2.50. The van der Waals surface area contributed by atoms with Gasteiger partial charge >= 0.3 is 5.97 Å². The second kappa shape index (κ2) is 12.2. The fourth-order valence-electron chi connectivity index (χ4n) is 3.99. The first-order valence-electron chi connectivity index (χ1n) is 11.2. The van der Waals surface area contributed by atoms with E-state index in [1.165, 1.54) is 18.0 Å². The zero-order chi connectivity index (χ0) is 24.8. The molecule has 2 saturated heterocycles. The number of aromatic nitrogens is 1. The minimum atomic E-state index is -0.683. The van der Waals surface area contributed by atoms with Crippen LogP contribution in [0.1, 0.15) is 36.2 Å². The third-order valence-corrected chi connectivity index (χ3v) is 7.07. The molecule has 186 valence electrons. The summed E-state index contributed by atoms with van der Waals surface area (Å²) in [4.78, 5) is 20.4. The molecule has 1 aromatic heterocycles. The van der Waals surface area contributed by atoms with E-state index in [9.17, 15) is 10.3 Å². The molecule has 3 heterocycles. The first-order valence-corrected chi connectivity index (χ1v) is 12.9. The van der Waals surface area contributed by atoms with Crippen LogP contribution < -0.4 is 0 Å². The monoisotopic (exact) mass is 564 g/mol. The Morgan fingerprint density at radius 2 is 2.09 bits per heavy atom. The number of halogens is 1. The second-order valence-corrected chi connectivity index (χ2v) is 9.73. The largest absolute Gasteiger partial charge is 0.461 e. The lowest BCUT2D eigenvalue weighted by Gasteiger charge is -2.48. The van der Waals surface area contributed by atoms with Gasteiger partial charge in [-0.25, -0.2) is 9.78 Å². The van der Waals surface area contributed by atoms with E-state index in [1.54, 1.807) is 13.0 Å². The van der Waals surface area contributed by atoms with Crippen LogP contribution in [-0.2, 0) is 23.7 Å². The van der Waals surface area contributed by atoms with Crippen LogP contribution in [0, 0.1) is 0 Å². The van der Waals surface area contributed by atoms with E-state index < -0.39 is 42.0 Å². The average Bonchev–Trinajstić information content (AvgIpc) is 2.86. The molecule has 0 N–H and O–H groups in total. The molecule has 0 amide bonds. The first-order chi connectivity index (χ1) is 17.0. The maximum Gasteiger partial charge on any atom is 0.358 e. The Morgan fingerprint density at radius 3 is 2.80 bits per heavy atom. The van der Waals surface area contributed by atoms with E-state index >= 15 is 0 Å². The van der Waals surface area contributed by atoms with Gasteiger partial charge in [0.15, 0.2) is 12.0 Å². The Kier molecular flexibility index (Phi) is 9.01. The van der Waals surface area contributed by atoms with Gasteiger partial charge in [-0.3, -0.25) is 0 Å². The molecule has 6 atom stereocenters. The van der Waals surface area contributed by atoms with E-state index in [-0.39, 0.29) is 18.9 Å². The summed E-state index contributed by atoms with van der Waals surface area (Å²) in [6, 6.07) is 10.6. The van der Waals surface area contributed by atoms with Crippen molar-refractivity contribution in [3.05, 3.63) is 68.8 Å². The van der Waals surface area contributed by atoms with Crippen molar-refractivity contribution in [3.63, 3.8) is 0 Å². The Labute approximate surface area is 215 Å². The molecule has 3 unspecified atom stereocenters. The quantitative estimate of drug-likeness (QED) is 0.189. The van der Waals surface area contributed by atoms with E-state index in [0.29, 0.717) is 16.0 Å². The van der Waals surface area contributed by atoms with Crippen LogP contribution in [-0.4, -0.2) is 60.6 Å². The molecule has 1 aromatic carbocycles. The minimum Gasteiger partial charge on any atom is -0.461 e. The van der Waals surface area contributed by atoms with E-state index in [1.807, 2.05) is 37.3 Å². The van der Waals surface area contributed by atoms with Gasteiger partial charge in [-0.05, 0) is 41.4 Å². The number of rotatable bonds is 8. The summed E-state index contributed by atoms with van der Waals surface area (Å²) in [5.41, 5.74) is 9.75. The van der Waals surface area contributed by atoms with Gasteiger partial charge < -0.3 is 23.7 Å². The molecule has 2 fully saturated rings. The number of pyridine rings is 1. The van der Waals surface area contributed by atoms with Gasteiger partial charge in [-0.1, -0.05) is 47.2 Å². The van der Waals surface area contributed by atoms with Gasteiger partial charge in [-0.15, -0.1) is 0 Å². The predicted molar refractivity (Wildman–Crippen MR) is 131 cm³/mol. The standard InChI is InChI=1S/C23H25BrN4O6S/c1-3-30-20-18(27-28-25)19-15(12-32-22(34-19)13-8-6-5-7-9-13)33-23(20)35-16-10-14(24)11-26-17(16)21(29)31-4-2/h5-11,15,18-20,22-23H,3-4,12H2,1-2H3/t15?,18-,19-,20?,22?,23+/m0/s1. The van der Waals surface area contributed by atoms with Crippen LogP contribution in [0.4, 0.5) is 0 Å². The van der Waals surface area contributed by atoms with E-state index in [0.717, 1.165) is 5.56 Å². The highest BCUT2D eigenvalue weighted by atomic mass is 79.9. The van der Waals surface area contributed by atoms with Crippen molar-refractivity contribution < 1.29 is 28.5 Å². The summed E-state index contributed by atoms with van der Waals surface area (Å²) in [6.07, 6.45) is -0.822. The smallest absolute Gasteiger partial charge is 0.358 e. The molecule has 0 radical (unpaired) electrons.